The van der Waals surface area contributed by atoms with E-state index >= 15 is 0 Å². The average Bonchev–Trinajstić information content (AvgIpc) is 2.80. The summed E-state index contributed by atoms with van der Waals surface area (Å²) in [5.41, 5.74) is 7.79. The minimum Gasteiger partial charge on any atom is -0.398 e. The Hall–Kier alpha value is -1.13. The molecular weight excluding hydrogens is 277 g/mol. The second kappa shape index (κ2) is 5.47. The predicted octanol–water partition coefficient (Wildman–Crippen LogP) is 4.22. The molecule has 2 aromatic carbocycles. The predicted molar refractivity (Wildman–Crippen MR) is 81.3 cm³/mol. The molecule has 0 aromatic heterocycles. The molecular formula is C15H14FNS2. The van der Waals surface area contributed by atoms with Gasteiger partial charge in [-0.05, 0) is 36.2 Å². The molecule has 4 heteroatoms. The van der Waals surface area contributed by atoms with Gasteiger partial charge >= 0.3 is 0 Å². The lowest BCUT2D eigenvalue weighted by molar-refractivity contribution is 0.627. The Morgan fingerprint density at radius 1 is 1.26 bits per heavy atom. The molecule has 1 heterocycles. The molecule has 1 atom stereocenters. The van der Waals surface area contributed by atoms with E-state index in [9.17, 15) is 4.39 Å². The lowest BCUT2D eigenvalue weighted by Gasteiger charge is -2.09. The number of benzene rings is 2. The summed E-state index contributed by atoms with van der Waals surface area (Å²) in [6, 6.07) is 13.2. The van der Waals surface area contributed by atoms with Crippen LogP contribution in [0.1, 0.15) is 5.56 Å². The molecule has 0 aliphatic carbocycles. The standard InChI is InChI=1S/C15H14FNS2/c16-11-5-6-15(13(17)8-11)18-9-12-7-10-3-1-2-4-14(10)19-12/h1-6,8,12H,7,9,17H2. The van der Waals surface area contributed by atoms with Crippen LogP contribution >= 0.6 is 23.5 Å². The lowest BCUT2D eigenvalue weighted by Crippen LogP contribution is -2.04. The van der Waals surface area contributed by atoms with Crippen LogP contribution in [0.3, 0.4) is 0 Å². The number of thioether (sulfide) groups is 2. The summed E-state index contributed by atoms with van der Waals surface area (Å²) >= 11 is 3.64. The van der Waals surface area contributed by atoms with Crippen molar-refractivity contribution in [2.45, 2.75) is 21.5 Å². The number of anilines is 1. The van der Waals surface area contributed by atoms with E-state index in [0.29, 0.717) is 10.9 Å². The first-order valence-corrected chi connectivity index (χ1v) is 8.01. The maximum Gasteiger partial charge on any atom is 0.125 e. The Balaban J connectivity index is 1.63. The fourth-order valence-electron chi connectivity index (χ4n) is 2.18. The van der Waals surface area contributed by atoms with Gasteiger partial charge in [0.05, 0.1) is 0 Å². The van der Waals surface area contributed by atoms with Crippen LogP contribution in [0.4, 0.5) is 10.1 Å². The van der Waals surface area contributed by atoms with Crippen LogP contribution in [0, 0.1) is 5.82 Å². The zero-order chi connectivity index (χ0) is 13.2. The third-order valence-electron chi connectivity index (χ3n) is 3.11. The summed E-state index contributed by atoms with van der Waals surface area (Å²) in [6.07, 6.45) is 1.11. The molecule has 1 nitrogen and oxygen atoms in total. The fraction of sp³-hybridized carbons (Fsp3) is 0.200. The van der Waals surface area contributed by atoms with Gasteiger partial charge in [-0.1, -0.05) is 18.2 Å². The van der Waals surface area contributed by atoms with Gasteiger partial charge < -0.3 is 5.73 Å². The second-order valence-electron chi connectivity index (χ2n) is 4.54. The third kappa shape index (κ3) is 2.90. The highest BCUT2D eigenvalue weighted by Gasteiger charge is 2.21. The van der Waals surface area contributed by atoms with Gasteiger partial charge in [-0.3, -0.25) is 0 Å². The summed E-state index contributed by atoms with van der Waals surface area (Å²) in [7, 11) is 0. The largest absolute Gasteiger partial charge is 0.398 e. The van der Waals surface area contributed by atoms with Gasteiger partial charge in [-0.25, -0.2) is 4.39 Å². The Kier molecular flexibility index (Phi) is 3.71. The molecule has 0 saturated carbocycles. The van der Waals surface area contributed by atoms with Crippen molar-refractivity contribution in [3.05, 3.63) is 53.8 Å². The van der Waals surface area contributed by atoms with Crippen LogP contribution in [0.15, 0.2) is 52.3 Å². The van der Waals surface area contributed by atoms with Crippen molar-refractivity contribution in [2.24, 2.45) is 0 Å². The van der Waals surface area contributed by atoms with Crippen molar-refractivity contribution in [3.8, 4) is 0 Å². The van der Waals surface area contributed by atoms with Crippen LogP contribution in [-0.2, 0) is 6.42 Å². The van der Waals surface area contributed by atoms with Crippen molar-refractivity contribution in [1.29, 1.82) is 0 Å². The Bertz CT molecular complexity index is 575. The second-order valence-corrected chi connectivity index (χ2v) is 6.95. The number of nitrogens with two attached hydrogens (primary N) is 1. The van der Waals surface area contributed by atoms with Crippen molar-refractivity contribution < 1.29 is 4.39 Å². The SMILES string of the molecule is Nc1cc(F)ccc1SCC1Cc2ccccc2S1. The minimum absolute atomic E-state index is 0.274. The van der Waals surface area contributed by atoms with Gasteiger partial charge in [-0.15, -0.1) is 23.5 Å². The number of nitrogen functional groups attached to an aromatic ring is 1. The summed E-state index contributed by atoms with van der Waals surface area (Å²) in [6.45, 7) is 0. The Morgan fingerprint density at radius 3 is 2.89 bits per heavy atom. The van der Waals surface area contributed by atoms with Gasteiger partial charge in [-0.2, -0.15) is 0 Å². The molecule has 2 aromatic rings. The number of fused-ring (bicyclic) bond motifs is 1. The number of hydrogen-bond donors (Lipinski definition) is 1. The molecule has 0 bridgehead atoms. The van der Waals surface area contributed by atoms with E-state index in [1.54, 1.807) is 17.8 Å². The van der Waals surface area contributed by atoms with Crippen LogP contribution < -0.4 is 5.73 Å². The third-order valence-corrected chi connectivity index (χ3v) is 5.89. The fourth-order valence-corrected chi connectivity index (χ4v) is 4.61. The quantitative estimate of drug-likeness (QED) is 0.677. The van der Waals surface area contributed by atoms with Crippen molar-refractivity contribution in [2.75, 3.05) is 11.5 Å². The zero-order valence-corrected chi connectivity index (χ0v) is 11.9. The van der Waals surface area contributed by atoms with Crippen LogP contribution in [0.5, 0.6) is 0 Å². The highest BCUT2D eigenvalue weighted by Crippen LogP contribution is 2.39. The molecule has 1 aliphatic heterocycles. The molecule has 19 heavy (non-hydrogen) atoms. The van der Waals surface area contributed by atoms with Gasteiger partial charge in [0.25, 0.3) is 0 Å². The molecule has 0 amide bonds. The molecule has 98 valence electrons. The Morgan fingerprint density at radius 2 is 2.11 bits per heavy atom. The lowest BCUT2D eigenvalue weighted by atomic mass is 10.1. The first kappa shape index (κ1) is 12.9. The zero-order valence-electron chi connectivity index (χ0n) is 10.3. The summed E-state index contributed by atoms with van der Waals surface area (Å²) in [4.78, 5) is 2.36. The maximum atomic E-state index is 13.0. The summed E-state index contributed by atoms with van der Waals surface area (Å²) < 4.78 is 13.0. The molecule has 1 unspecified atom stereocenters. The maximum absolute atomic E-state index is 13.0. The molecule has 0 radical (unpaired) electrons. The smallest absolute Gasteiger partial charge is 0.125 e. The normalized spacial score (nSPS) is 17.4. The van der Waals surface area contributed by atoms with E-state index in [0.717, 1.165) is 17.1 Å². The highest BCUT2D eigenvalue weighted by atomic mass is 32.2. The molecule has 0 saturated heterocycles. The van der Waals surface area contributed by atoms with Crippen LogP contribution in [0.2, 0.25) is 0 Å². The average molecular weight is 291 g/mol. The van der Waals surface area contributed by atoms with Crippen molar-refractivity contribution >= 4 is 29.2 Å². The van der Waals surface area contributed by atoms with E-state index in [2.05, 4.69) is 24.3 Å². The van der Waals surface area contributed by atoms with Gasteiger partial charge in [0.2, 0.25) is 0 Å². The van der Waals surface area contributed by atoms with E-state index < -0.39 is 0 Å². The first-order chi connectivity index (χ1) is 9.22. The highest BCUT2D eigenvalue weighted by molar-refractivity contribution is 8.03. The topological polar surface area (TPSA) is 26.0 Å². The number of rotatable bonds is 3. The van der Waals surface area contributed by atoms with Gasteiger partial charge in [0.1, 0.15) is 5.82 Å². The van der Waals surface area contributed by atoms with Gasteiger partial charge in [0.15, 0.2) is 0 Å². The molecule has 3 rings (SSSR count). The number of hydrogen-bond acceptors (Lipinski definition) is 3. The molecule has 1 aliphatic rings. The van der Waals surface area contributed by atoms with Crippen molar-refractivity contribution in [1.82, 2.24) is 0 Å². The molecule has 0 fully saturated rings. The summed E-state index contributed by atoms with van der Waals surface area (Å²) in [5.74, 6) is 0.722. The van der Waals surface area contributed by atoms with Gasteiger partial charge in [0, 0.05) is 26.5 Å². The minimum atomic E-state index is -0.274. The van der Waals surface area contributed by atoms with Crippen molar-refractivity contribution in [3.63, 3.8) is 0 Å². The van der Waals surface area contributed by atoms with E-state index in [1.165, 1.54) is 22.6 Å². The van der Waals surface area contributed by atoms with E-state index in [-0.39, 0.29) is 5.82 Å². The number of halogens is 1. The first-order valence-electron chi connectivity index (χ1n) is 6.15. The van der Waals surface area contributed by atoms with Crippen LogP contribution in [0.25, 0.3) is 0 Å². The summed E-state index contributed by atoms with van der Waals surface area (Å²) in [5, 5.41) is 0.576. The molecule has 2 N–H and O–H groups in total. The van der Waals surface area contributed by atoms with Crippen LogP contribution in [-0.4, -0.2) is 11.0 Å². The van der Waals surface area contributed by atoms with E-state index in [4.69, 9.17) is 5.73 Å². The van der Waals surface area contributed by atoms with E-state index in [1.807, 2.05) is 11.8 Å². The molecule has 0 spiro atoms. The monoisotopic (exact) mass is 291 g/mol. The Labute approximate surface area is 120 Å².